The zero-order valence-electron chi connectivity index (χ0n) is 9.45. The Morgan fingerprint density at radius 3 is 2.44 bits per heavy atom. The number of carbonyl (C=O) groups is 1. The Hall–Kier alpha value is -2.16. The van der Waals surface area contributed by atoms with Gasteiger partial charge in [-0.1, -0.05) is 0 Å². The highest BCUT2D eigenvalue weighted by molar-refractivity contribution is 7.86. The molecule has 0 unspecified atom stereocenters. The summed E-state index contributed by atoms with van der Waals surface area (Å²) in [4.78, 5) is 21.1. The van der Waals surface area contributed by atoms with Gasteiger partial charge < -0.3 is 8.92 Å². The summed E-state index contributed by atoms with van der Waals surface area (Å²) in [6.07, 6.45) is 0.738. The number of methoxy groups -OCH3 is 1. The number of esters is 1. The van der Waals surface area contributed by atoms with Crippen LogP contribution in [0, 0.1) is 10.1 Å². The molecule has 0 spiro atoms. The number of hydrogen-bond donors (Lipinski definition) is 0. The molecule has 0 radical (unpaired) electrons. The number of hydrogen-bond acceptors (Lipinski definition) is 7. The minimum atomic E-state index is -3.94. The zero-order chi connectivity index (χ0) is 13.9. The first-order valence-corrected chi connectivity index (χ1v) is 6.32. The van der Waals surface area contributed by atoms with Crippen LogP contribution in [0.5, 0.6) is 5.75 Å². The quantitative estimate of drug-likeness (QED) is 0.344. The Bertz CT molecular complexity index is 593. The second-order valence-electron chi connectivity index (χ2n) is 3.22. The molecule has 0 aliphatic rings. The van der Waals surface area contributed by atoms with Gasteiger partial charge in [-0.2, -0.15) is 8.42 Å². The summed E-state index contributed by atoms with van der Waals surface area (Å²) in [6, 6.07) is 3.04. The molecule has 0 heterocycles. The van der Waals surface area contributed by atoms with Crippen LogP contribution in [0.15, 0.2) is 18.2 Å². The molecule has 1 aromatic carbocycles. The van der Waals surface area contributed by atoms with E-state index in [2.05, 4.69) is 8.92 Å². The van der Waals surface area contributed by atoms with Crippen molar-refractivity contribution in [2.45, 2.75) is 0 Å². The van der Waals surface area contributed by atoms with Gasteiger partial charge in [0.05, 0.1) is 23.9 Å². The molecule has 9 heteroatoms. The molecule has 8 nitrogen and oxygen atoms in total. The maximum absolute atomic E-state index is 11.2. The fraction of sp³-hybridized carbons (Fsp3) is 0.222. The third kappa shape index (κ3) is 3.42. The topological polar surface area (TPSA) is 113 Å². The van der Waals surface area contributed by atoms with Crippen molar-refractivity contribution < 1.29 is 27.1 Å². The van der Waals surface area contributed by atoms with Crippen molar-refractivity contribution in [3.05, 3.63) is 33.9 Å². The third-order valence-electron chi connectivity index (χ3n) is 1.82. The van der Waals surface area contributed by atoms with Crippen molar-refractivity contribution in [2.75, 3.05) is 13.4 Å². The first kappa shape index (κ1) is 13.9. The SMILES string of the molecule is COC(=O)c1ccc([N+](=O)[O-])c(OS(C)(=O)=O)c1. The minimum absolute atomic E-state index is 0.0539. The highest BCUT2D eigenvalue weighted by Crippen LogP contribution is 2.29. The summed E-state index contributed by atoms with van der Waals surface area (Å²) in [5.41, 5.74) is -0.616. The van der Waals surface area contributed by atoms with E-state index in [9.17, 15) is 23.3 Å². The van der Waals surface area contributed by atoms with Gasteiger partial charge in [0.1, 0.15) is 0 Å². The minimum Gasteiger partial charge on any atom is -0.465 e. The van der Waals surface area contributed by atoms with Crippen molar-refractivity contribution in [2.24, 2.45) is 0 Å². The monoisotopic (exact) mass is 275 g/mol. The van der Waals surface area contributed by atoms with Crippen molar-refractivity contribution in [1.29, 1.82) is 0 Å². The highest BCUT2D eigenvalue weighted by atomic mass is 32.2. The van der Waals surface area contributed by atoms with E-state index >= 15 is 0 Å². The van der Waals surface area contributed by atoms with Crippen molar-refractivity contribution in [3.8, 4) is 5.75 Å². The maximum atomic E-state index is 11.2. The van der Waals surface area contributed by atoms with Crippen LogP contribution in [0.2, 0.25) is 0 Å². The highest BCUT2D eigenvalue weighted by Gasteiger charge is 2.21. The van der Waals surface area contributed by atoms with Gasteiger partial charge >= 0.3 is 21.8 Å². The van der Waals surface area contributed by atoms with Crippen LogP contribution in [0.4, 0.5) is 5.69 Å². The molecule has 0 aromatic heterocycles. The lowest BCUT2D eigenvalue weighted by molar-refractivity contribution is -0.385. The van der Waals surface area contributed by atoms with E-state index in [-0.39, 0.29) is 5.56 Å². The van der Waals surface area contributed by atoms with E-state index in [0.29, 0.717) is 0 Å². The average molecular weight is 275 g/mol. The Morgan fingerprint density at radius 1 is 1.39 bits per heavy atom. The van der Waals surface area contributed by atoms with Crippen molar-refractivity contribution in [3.63, 3.8) is 0 Å². The van der Waals surface area contributed by atoms with Gasteiger partial charge in [-0.25, -0.2) is 4.79 Å². The van der Waals surface area contributed by atoms with Gasteiger partial charge in [0.2, 0.25) is 5.75 Å². The summed E-state index contributed by atoms with van der Waals surface area (Å²) in [5, 5.41) is 10.7. The fourth-order valence-corrected chi connectivity index (χ4v) is 1.60. The van der Waals surface area contributed by atoms with E-state index in [1.165, 1.54) is 0 Å². The predicted molar refractivity (Wildman–Crippen MR) is 59.9 cm³/mol. The lowest BCUT2D eigenvalue weighted by Crippen LogP contribution is -2.09. The van der Waals surface area contributed by atoms with Crippen LogP contribution in [-0.2, 0) is 14.9 Å². The number of ether oxygens (including phenoxy) is 1. The Morgan fingerprint density at radius 2 is 2.00 bits per heavy atom. The summed E-state index contributed by atoms with van der Waals surface area (Å²) in [5.74, 6) is -1.30. The molecule has 18 heavy (non-hydrogen) atoms. The molecule has 0 atom stereocenters. The van der Waals surface area contributed by atoms with E-state index in [4.69, 9.17) is 0 Å². The van der Waals surface area contributed by atoms with Crippen LogP contribution in [0.1, 0.15) is 10.4 Å². The van der Waals surface area contributed by atoms with E-state index in [1.54, 1.807) is 0 Å². The van der Waals surface area contributed by atoms with Crippen LogP contribution >= 0.6 is 0 Å². The molecule has 0 saturated carbocycles. The molecule has 98 valence electrons. The summed E-state index contributed by atoms with van der Waals surface area (Å²) >= 11 is 0. The summed E-state index contributed by atoms with van der Waals surface area (Å²) < 4.78 is 30.8. The first-order valence-electron chi connectivity index (χ1n) is 4.51. The first-order chi connectivity index (χ1) is 8.24. The average Bonchev–Trinajstić information content (AvgIpc) is 2.25. The second-order valence-corrected chi connectivity index (χ2v) is 4.79. The second kappa shape index (κ2) is 5.00. The molecule has 0 saturated heterocycles. The van der Waals surface area contributed by atoms with E-state index in [1.807, 2.05) is 0 Å². The smallest absolute Gasteiger partial charge is 0.337 e. The lowest BCUT2D eigenvalue weighted by atomic mass is 10.2. The van der Waals surface area contributed by atoms with Crippen molar-refractivity contribution >= 4 is 21.8 Å². The van der Waals surface area contributed by atoms with E-state index in [0.717, 1.165) is 31.6 Å². The standard InChI is InChI=1S/C9H9NO7S/c1-16-9(11)6-3-4-7(10(12)13)8(5-6)17-18(2,14)15/h3-5H,1-2H3. The largest absolute Gasteiger partial charge is 0.465 e. The Kier molecular flexibility index (Phi) is 3.86. The molecule has 0 amide bonds. The molecular weight excluding hydrogens is 266 g/mol. The van der Waals surface area contributed by atoms with Gasteiger partial charge in [0.15, 0.2) is 0 Å². The third-order valence-corrected chi connectivity index (χ3v) is 2.30. The number of nitro groups is 1. The van der Waals surface area contributed by atoms with Crippen LogP contribution in [-0.4, -0.2) is 32.7 Å². The van der Waals surface area contributed by atoms with Crippen LogP contribution in [0.3, 0.4) is 0 Å². The normalized spacial score (nSPS) is 10.8. The van der Waals surface area contributed by atoms with Gasteiger partial charge in [0.25, 0.3) is 0 Å². The van der Waals surface area contributed by atoms with Gasteiger partial charge in [-0.15, -0.1) is 0 Å². The number of nitro benzene ring substituents is 1. The van der Waals surface area contributed by atoms with Gasteiger partial charge in [0, 0.05) is 12.1 Å². The van der Waals surface area contributed by atoms with E-state index < -0.39 is 32.4 Å². The number of carbonyl (C=O) groups excluding carboxylic acids is 1. The molecule has 0 aliphatic carbocycles. The number of nitrogens with zero attached hydrogens (tertiary/aromatic N) is 1. The molecular formula is C9H9NO7S. The fourth-order valence-electron chi connectivity index (χ4n) is 1.14. The van der Waals surface area contributed by atoms with Crippen molar-refractivity contribution in [1.82, 2.24) is 0 Å². The number of benzene rings is 1. The molecule has 0 N–H and O–H groups in total. The van der Waals surface area contributed by atoms with Crippen LogP contribution < -0.4 is 4.18 Å². The lowest BCUT2D eigenvalue weighted by Gasteiger charge is -2.05. The Balaban J connectivity index is 3.33. The molecule has 1 aromatic rings. The zero-order valence-corrected chi connectivity index (χ0v) is 10.3. The molecule has 0 aliphatic heterocycles. The van der Waals surface area contributed by atoms with Gasteiger partial charge in [-0.3, -0.25) is 10.1 Å². The molecule has 0 fully saturated rings. The Labute approximate surface area is 102 Å². The predicted octanol–water partition coefficient (Wildman–Crippen LogP) is 0.720. The summed E-state index contributed by atoms with van der Waals surface area (Å²) in [6.45, 7) is 0. The molecule has 0 bridgehead atoms. The van der Waals surface area contributed by atoms with Crippen LogP contribution in [0.25, 0.3) is 0 Å². The van der Waals surface area contributed by atoms with Gasteiger partial charge in [-0.05, 0) is 6.07 Å². The molecule has 1 rings (SSSR count). The summed E-state index contributed by atoms with van der Waals surface area (Å²) in [7, 11) is -2.81. The maximum Gasteiger partial charge on any atom is 0.337 e. The number of rotatable bonds is 4.